The number of halogens is 1. The van der Waals surface area contributed by atoms with E-state index >= 15 is 0 Å². The molecule has 0 radical (unpaired) electrons. The van der Waals surface area contributed by atoms with Crippen molar-refractivity contribution in [1.82, 2.24) is 4.90 Å². The van der Waals surface area contributed by atoms with Crippen molar-refractivity contribution in [2.45, 2.75) is 51.7 Å². The van der Waals surface area contributed by atoms with E-state index < -0.39 is 17.8 Å². The number of amides is 1. The molecule has 1 aromatic rings. The fourth-order valence-electron chi connectivity index (χ4n) is 2.71. The molecule has 0 aromatic heterocycles. The van der Waals surface area contributed by atoms with Crippen LogP contribution in [-0.4, -0.2) is 40.9 Å². The largest absolute Gasteiger partial charge is 0.444 e. The van der Waals surface area contributed by atoms with Crippen LogP contribution in [0.5, 0.6) is 0 Å². The molecular formula is C17H24FNO3. The first-order valence-corrected chi connectivity index (χ1v) is 7.59. The van der Waals surface area contributed by atoms with Crippen molar-refractivity contribution < 1.29 is 19.0 Å². The molecule has 0 aliphatic carbocycles. The fourth-order valence-corrected chi connectivity index (χ4v) is 2.71. The quantitative estimate of drug-likeness (QED) is 0.866. The number of hydrogen-bond acceptors (Lipinski definition) is 3. The predicted molar refractivity (Wildman–Crippen MR) is 82.3 cm³/mol. The number of benzene rings is 1. The zero-order valence-corrected chi connectivity index (χ0v) is 13.6. The first-order valence-electron chi connectivity index (χ1n) is 7.59. The summed E-state index contributed by atoms with van der Waals surface area (Å²) in [6.45, 7) is 7.91. The van der Waals surface area contributed by atoms with Gasteiger partial charge in [0, 0.05) is 12.5 Å². The summed E-state index contributed by atoms with van der Waals surface area (Å²) in [5.74, 6) is -0.331. The van der Waals surface area contributed by atoms with E-state index in [1.54, 1.807) is 19.1 Å². The molecule has 0 saturated carbocycles. The predicted octanol–water partition coefficient (Wildman–Crippen LogP) is 3.22. The minimum absolute atomic E-state index is 0.0852. The molecule has 1 fully saturated rings. The van der Waals surface area contributed by atoms with Crippen LogP contribution < -0.4 is 0 Å². The van der Waals surface area contributed by atoms with E-state index in [0.29, 0.717) is 18.5 Å². The van der Waals surface area contributed by atoms with Crippen LogP contribution in [0, 0.1) is 12.7 Å². The number of piperidine rings is 1. The minimum Gasteiger partial charge on any atom is -0.444 e. The van der Waals surface area contributed by atoms with E-state index in [0.717, 1.165) is 5.56 Å². The van der Waals surface area contributed by atoms with Gasteiger partial charge >= 0.3 is 6.09 Å². The van der Waals surface area contributed by atoms with Crippen LogP contribution in [0.4, 0.5) is 9.18 Å². The Morgan fingerprint density at radius 2 is 2.09 bits per heavy atom. The summed E-state index contributed by atoms with van der Waals surface area (Å²) >= 11 is 0. The molecule has 1 aromatic carbocycles. The maximum Gasteiger partial charge on any atom is 0.410 e. The summed E-state index contributed by atoms with van der Waals surface area (Å²) in [7, 11) is 0. The van der Waals surface area contributed by atoms with Crippen LogP contribution in [0.25, 0.3) is 0 Å². The zero-order chi connectivity index (χ0) is 16.5. The van der Waals surface area contributed by atoms with Gasteiger partial charge in [-0.25, -0.2) is 9.18 Å². The molecule has 0 spiro atoms. The normalized spacial score (nSPS) is 22.5. The number of hydrogen-bond donors (Lipinski definition) is 1. The Labute approximate surface area is 130 Å². The Morgan fingerprint density at radius 1 is 1.41 bits per heavy atom. The highest BCUT2D eigenvalue weighted by Gasteiger charge is 2.33. The number of likely N-dealkylation sites (tertiary alicyclic amines) is 1. The smallest absolute Gasteiger partial charge is 0.410 e. The maximum absolute atomic E-state index is 13.4. The second kappa shape index (κ2) is 6.24. The molecule has 1 saturated heterocycles. The number of carbonyl (C=O) groups excluding carboxylic acids is 1. The highest BCUT2D eigenvalue weighted by Crippen LogP contribution is 2.30. The van der Waals surface area contributed by atoms with Crippen molar-refractivity contribution in [2.75, 3.05) is 13.1 Å². The second-order valence-corrected chi connectivity index (χ2v) is 6.90. The molecule has 0 unspecified atom stereocenters. The summed E-state index contributed by atoms with van der Waals surface area (Å²) in [5, 5.41) is 10.4. The summed E-state index contributed by atoms with van der Waals surface area (Å²) < 4.78 is 18.7. The van der Waals surface area contributed by atoms with E-state index in [-0.39, 0.29) is 18.3 Å². The maximum atomic E-state index is 13.4. The van der Waals surface area contributed by atoms with Gasteiger partial charge in [0.05, 0.1) is 12.6 Å². The highest BCUT2D eigenvalue weighted by atomic mass is 19.1. The fraction of sp³-hybridized carbons (Fsp3) is 0.588. The average Bonchev–Trinajstić information content (AvgIpc) is 2.40. The number of carbonyl (C=O) groups is 1. The van der Waals surface area contributed by atoms with Gasteiger partial charge in [-0.3, -0.25) is 0 Å². The van der Waals surface area contributed by atoms with Gasteiger partial charge in [-0.2, -0.15) is 0 Å². The van der Waals surface area contributed by atoms with Crippen molar-refractivity contribution in [3.8, 4) is 0 Å². The molecule has 22 heavy (non-hydrogen) atoms. The van der Waals surface area contributed by atoms with Gasteiger partial charge in [0.2, 0.25) is 0 Å². The first kappa shape index (κ1) is 16.7. The number of aliphatic hydroxyl groups is 1. The lowest BCUT2D eigenvalue weighted by Crippen LogP contribution is -2.47. The van der Waals surface area contributed by atoms with Crippen LogP contribution >= 0.6 is 0 Å². The van der Waals surface area contributed by atoms with Crippen LogP contribution in [-0.2, 0) is 4.74 Å². The monoisotopic (exact) mass is 309 g/mol. The lowest BCUT2D eigenvalue weighted by atomic mass is 9.86. The molecule has 1 aliphatic heterocycles. The average molecular weight is 309 g/mol. The second-order valence-electron chi connectivity index (χ2n) is 6.90. The SMILES string of the molecule is Cc1cc([C@@H]2CCN(C(=O)OC(C)(C)C)C[C@H]2O)ccc1F. The third kappa shape index (κ3) is 3.97. The molecule has 0 bridgehead atoms. The number of ether oxygens (including phenoxy) is 1. The zero-order valence-electron chi connectivity index (χ0n) is 13.6. The Kier molecular flexibility index (Phi) is 4.75. The summed E-state index contributed by atoms with van der Waals surface area (Å²) in [6, 6.07) is 4.91. The third-order valence-electron chi connectivity index (χ3n) is 3.84. The number of β-amino-alcohol motifs (C(OH)–C–C–N with tert-alkyl or cyclic N) is 1. The number of rotatable bonds is 1. The van der Waals surface area contributed by atoms with Gasteiger partial charge in [0.25, 0.3) is 0 Å². The Balaban J connectivity index is 2.03. The number of nitrogens with zero attached hydrogens (tertiary/aromatic N) is 1. The van der Waals surface area contributed by atoms with E-state index in [1.165, 1.54) is 11.0 Å². The van der Waals surface area contributed by atoms with Gasteiger partial charge < -0.3 is 14.7 Å². The number of aliphatic hydroxyl groups excluding tert-OH is 1. The standard InChI is InChI=1S/C17H24FNO3/c1-11-9-12(5-6-14(11)18)13-7-8-19(10-15(13)20)16(21)22-17(2,3)4/h5-6,9,13,15,20H,7-8,10H2,1-4H3/t13-,15+/m0/s1. The Bertz CT molecular complexity index is 553. The molecule has 1 N–H and O–H groups in total. The Hall–Kier alpha value is -1.62. The van der Waals surface area contributed by atoms with Crippen molar-refractivity contribution in [3.05, 3.63) is 35.1 Å². The van der Waals surface area contributed by atoms with Crippen molar-refractivity contribution in [1.29, 1.82) is 0 Å². The van der Waals surface area contributed by atoms with Gasteiger partial charge in [0.15, 0.2) is 0 Å². The van der Waals surface area contributed by atoms with E-state index in [2.05, 4.69) is 0 Å². The molecule has 122 valence electrons. The van der Waals surface area contributed by atoms with E-state index in [1.807, 2.05) is 20.8 Å². The molecular weight excluding hydrogens is 285 g/mol. The summed E-state index contributed by atoms with van der Waals surface area (Å²) in [6.07, 6.45) is -0.447. The molecule has 4 nitrogen and oxygen atoms in total. The highest BCUT2D eigenvalue weighted by molar-refractivity contribution is 5.68. The first-order chi connectivity index (χ1) is 10.2. The topological polar surface area (TPSA) is 49.8 Å². The molecule has 1 aliphatic rings. The van der Waals surface area contributed by atoms with Gasteiger partial charge in [0.1, 0.15) is 11.4 Å². The number of aryl methyl sites for hydroxylation is 1. The minimum atomic E-state index is -0.675. The molecule has 2 atom stereocenters. The van der Waals surface area contributed by atoms with Crippen LogP contribution in [0.15, 0.2) is 18.2 Å². The van der Waals surface area contributed by atoms with Gasteiger partial charge in [-0.05, 0) is 51.3 Å². The van der Waals surface area contributed by atoms with Crippen molar-refractivity contribution in [2.24, 2.45) is 0 Å². The summed E-state index contributed by atoms with van der Waals surface area (Å²) in [4.78, 5) is 13.6. The van der Waals surface area contributed by atoms with E-state index in [4.69, 9.17) is 4.74 Å². The molecule has 2 rings (SSSR count). The van der Waals surface area contributed by atoms with Crippen LogP contribution in [0.3, 0.4) is 0 Å². The summed E-state index contributed by atoms with van der Waals surface area (Å²) in [5.41, 5.74) is 0.932. The molecule has 5 heteroatoms. The van der Waals surface area contributed by atoms with Gasteiger partial charge in [-0.1, -0.05) is 12.1 Å². The Morgan fingerprint density at radius 3 is 2.64 bits per heavy atom. The molecule has 1 heterocycles. The van der Waals surface area contributed by atoms with Crippen molar-refractivity contribution in [3.63, 3.8) is 0 Å². The lowest BCUT2D eigenvalue weighted by molar-refractivity contribution is -0.00152. The lowest BCUT2D eigenvalue weighted by Gasteiger charge is -2.37. The molecule has 1 amide bonds. The van der Waals surface area contributed by atoms with Crippen LogP contribution in [0.2, 0.25) is 0 Å². The van der Waals surface area contributed by atoms with Crippen LogP contribution in [0.1, 0.15) is 44.2 Å². The van der Waals surface area contributed by atoms with E-state index in [9.17, 15) is 14.3 Å². The third-order valence-corrected chi connectivity index (χ3v) is 3.84. The van der Waals surface area contributed by atoms with Gasteiger partial charge in [-0.15, -0.1) is 0 Å². The van der Waals surface area contributed by atoms with Crippen molar-refractivity contribution >= 4 is 6.09 Å².